The summed E-state index contributed by atoms with van der Waals surface area (Å²) >= 11 is 6.25. The maximum atomic E-state index is 13.8. The third-order valence-corrected chi connectivity index (χ3v) is 3.45. The number of methoxy groups -OCH3 is 1. The number of hydrogen-bond donors (Lipinski definition) is 0. The van der Waals surface area contributed by atoms with E-state index in [0.29, 0.717) is 11.3 Å². The summed E-state index contributed by atoms with van der Waals surface area (Å²) in [6.45, 7) is 1.58. The quantitative estimate of drug-likeness (QED) is 0.747. The molecular formula is C15H13ClF2O. The second-order valence-electron chi connectivity index (χ2n) is 4.26. The third kappa shape index (κ3) is 2.87. The first-order valence-electron chi connectivity index (χ1n) is 5.76. The van der Waals surface area contributed by atoms with Crippen LogP contribution in [-0.2, 0) is 0 Å². The van der Waals surface area contributed by atoms with Crippen molar-refractivity contribution in [2.45, 2.75) is 12.3 Å². The molecule has 1 nitrogen and oxygen atoms in total. The summed E-state index contributed by atoms with van der Waals surface area (Å²) in [4.78, 5) is 0. The van der Waals surface area contributed by atoms with E-state index < -0.39 is 17.0 Å². The normalized spacial score (nSPS) is 12.3. The van der Waals surface area contributed by atoms with Crippen molar-refractivity contribution in [1.82, 2.24) is 0 Å². The average molecular weight is 283 g/mol. The van der Waals surface area contributed by atoms with Gasteiger partial charge >= 0.3 is 0 Å². The Kier molecular flexibility index (Phi) is 4.05. The molecule has 19 heavy (non-hydrogen) atoms. The van der Waals surface area contributed by atoms with Gasteiger partial charge in [-0.05, 0) is 36.2 Å². The monoisotopic (exact) mass is 282 g/mol. The van der Waals surface area contributed by atoms with Crippen molar-refractivity contribution in [3.63, 3.8) is 0 Å². The van der Waals surface area contributed by atoms with E-state index in [9.17, 15) is 8.78 Å². The lowest BCUT2D eigenvalue weighted by atomic mass is 10.0. The summed E-state index contributed by atoms with van der Waals surface area (Å²) in [5.74, 6) is -0.512. The molecule has 1 atom stereocenters. The fourth-order valence-corrected chi connectivity index (χ4v) is 2.14. The van der Waals surface area contributed by atoms with Crippen LogP contribution in [0.3, 0.4) is 0 Å². The van der Waals surface area contributed by atoms with E-state index in [1.807, 2.05) is 0 Å². The fraction of sp³-hybridized carbons (Fsp3) is 0.200. The van der Waals surface area contributed by atoms with Crippen LogP contribution in [0.2, 0.25) is 0 Å². The third-order valence-electron chi connectivity index (χ3n) is 2.96. The van der Waals surface area contributed by atoms with Crippen molar-refractivity contribution in [2.75, 3.05) is 7.11 Å². The predicted molar refractivity (Wildman–Crippen MR) is 71.8 cm³/mol. The Hall–Kier alpha value is -1.61. The number of benzene rings is 2. The highest BCUT2D eigenvalue weighted by molar-refractivity contribution is 6.22. The highest BCUT2D eigenvalue weighted by Crippen LogP contribution is 2.32. The van der Waals surface area contributed by atoms with Gasteiger partial charge in [-0.2, -0.15) is 0 Å². The molecule has 2 rings (SSSR count). The fourth-order valence-electron chi connectivity index (χ4n) is 1.83. The molecule has 0 saturated heterocycles. The van der Waals surface area contributed by atoms with Crippen LogP contribution < -0.4 is 4.74 Å². The molecule has 0 radical (unpaired) electrons. The molecule has 1 unspecified atom stereocenters. The van der Waals surface area contributed by atoms with Crippen LogP contribution in [0.1, 0.15) is 22.1 Å². The first kappa shape index (κ1) is 13.8. The molecule has 0 heterocycles. The van der Waals surface area contributed by atoms with Crippen LogP contribution >= 0.6 is 11.6 Å². The topological polar surface area (TPSA) is 9.23 Å². The lowest BCUT2D eigenvalue weighted by Gasteiger charge is -2.13. The number of halogens is 3. The zero-order valence-electron chi connectivity index (χ0n) is 10.6. The second kappa shape index (κ2) is 5.57. The Morgan fingerprint density at radius 2 is 1.68 bits per heavy atom. The number of rotatable bonds is 3. The zero-order valence-corrected chi connectivity index (χ0v) is 11.3. The van der Waals surface area contributed by atoms with Crippen LogP contribution in [-0.4, -0.2) is 7.11 Å². The zero-order chi connectivity index (χ0) is 14.0. The second-order valence-corrected chi connectivity index (χ2v) is 4.70. The Labute approximate surface area is 115 Å². The molecule has 0 aliphatic heterocycles. The molecule has 0 amide bonds. The SMILES string of the molecule is COc1ccc(C(Cl)c2cc(C)c(F)cc2F)cc1. The first-order chi connectivity index (χ1) is 9.02. The van der Waals surface area contributed by atoms with Gasteiger partial charge in [0.2, 0.25) is 0 Å². The van der Waals surface area contributed by atoms with Gasteiger partial charge < -0.3 is 4.74 Å². The van der Waals surface area contributed by atoms with Crippen molar-refractivity contribution in [3.05, 3.63) is 64.7 Å². The summed E-state index contributed by atoms with van der Waals surface area (Å²) in [6, 6.07) is 9.32. The van der Waals surface area contributed by atoms with E-state index in [1.165, 1.54) is 6.07 Å². The van der Waals surface area contributed by atoms with Gasteiger partial charge in [0.05, 0.1) is 12.5 Å². The minimum atomic E-state index is -0.662. The Morgan fingerprint density at radius 3 is 2.26 bits per heavy atom. The molecule has 0 aromatic heterocycles. The molecule has 2 aromatic rings. The molecule has 0 saturated carbocycles. The van der Waals surface area contributed by atoms with Crippen molar-refractivity contribution in [3.8, 4) is 5.75 Å². The molecule has 0 bridgehead atoms. The number of aryl methyl sites for hydroxylation is 1. The van der Waals surface area contributed by atoms with Gasteiger partial charge in [-0.15, -0.1) is 11.6 Å². The Balaban J connectivity index is 2.37. The van der Waals surface area contributed by atoms with E-state index in [-0.39, 0.29) is 5.56 Å². The van der Waals surface area contributed by atoms with Crippen molar-refractivity contribution in [1.29, 1.82) is 0 Å². The van der Waals surface area contributed by atoms with E-state index in [2.05, 4.69) is 0 Å². The maximum absolute atomic E-state index is 13.8. The predicted octanol–water partition coefficient (Wildman–Crippen LogP) is 4.61. The maximum Gasteiger partial charge on any atom is 0.131 e. The molecule has 2 aromatic carbocycles. The molecule has 0 aliphatic carbocycles. The number of alkyl halides is 1. The van der Waals surface area contributed by atoms with Gasteiger partial charge in [-0.3, -0.25) is 0 Å². The summed E-state index contributed by atoms with van der Waals surface area (Å²) in [5, 5.41) is -0.662. The van der Waals surface area contributed by atoms with Gasteiger partial charge in [0, 0.05) is 11.6 Å². The number of hydrogen-bond acceptors (Lipinski definition) is 1. The van der Waals surface area contributed by atoms with Crippen LogP contribution in [0.5, 0.6) is 5.75 Å². The highest BCUT2D eigenvalue weighted by Gasteiger charge is 2.17. The highest BCUT2D eigenvalue weighted by atomic mass is 35.5. The van der Waals surface area contributed by atoms with Gasteiger partial charge in [0.15, 0.2) is 0 Å². The van der Waals surface area contributed by atoms with Gasteiger partial charge in [0.25, 0.3) is 0 Å². The van der Waals surface area contributed by atoms with Crippen LogP contribution in [0, 0.1) is 18.6 Å². The van der Waals surface area contributed by atoms with Crippen molar-refractivity contribution in [2.24, 2.45) is 0 Å². The smallest absolute Gasteiger partial charge is 0.131 e. The van der Waals surface area contributed by atoms with E-state index in [4.69, 9.17) is 16.3 Å². The molecule has 0 aliphatic rings. The minimum Gasteiger partial charge on any atom is -0.497 e. The Bertz CT molecular complexity index is 581. The molecule has 0 fully saturated rings. The van der Waals surface area contributed by atoms with Gasteiger partial charge in [-0.25, -0.2) is 8.78 Å². The lowest BCUT2D eigenvalue weighted by molar-refractivity contribution is 0.414. The largest absolute Gasteiger partial charge is 0.497 e. The molecule has 0 N–H and O–H groups in total. The van der Waals surface area contributed by atoms with Crippen molar-refractivity contribution < 1.29 is 13.5 Å². The van der Waals surface area contributed by atoms with Crippen LogP contribution in [0.4, 0.5) is 8.78 Å². The lowest BCUT2D eigenvalue weighted by Crippen LogP contribution is -1.99. The van der Waals surface area contributed by atoms with E-state index in [0.717, 1.165) is 11.6 Å². The van der Waals surface area contributed by atoms with Crippen molar-refractivity contribution >= 4 is 11.6 Å². The molecule has 4 heteroatoms. The molecule has 0 spiro atoms. The summed E-state index contributed by atoms with van der Waals surface area (Å²) in [7, 11) is 1.57. The van der Waals surface area contributed by atoms with Crippen LogP contribution in [0.15, 0.2) is 36.4 Å². The average Bonchev–Trinajstić information content (AvgIpc) is 2.42. The summed E-state index contributed by atoms with van der Waals surface area (Å²) in [5.41, 5.74) is 1.37. The number of ether oxygens (including phenoxy) is 1. The van der Waals surface area contributed by atoms with E-state index >= 15 is 0 Å². The molecular weight excluding hydrogens is 270 g/mol. The van der Waals surface area contributed by atoms with Gasteiger partial charge in [0.1, 0.15) is 17.4 Å². The standard InChI is InChI=1S/C15H13ClF2O/c1-9-7-12(14(18)8-13(9)17)15(16)10-3-5-11(19-2)6-4-10/h3-8,15H,1-2H3. The summed E-state index contributed by atoms with van der Waals surface area (Å²) in [6.07, 6.45) is 0. The van der Waals surface area contributed by atoms with Gasteiger partial charge in [-0.1, -0.05) is 12.1 Å². The Morgan fingerprint density at radius 1 is 1.05 bits per heavy atom. The first-order valence-corrected chi connectivity index (χ1v) is 6.20. The van der Waals surface area contributed by atoms with Crippen LogP contribution in [0.25, 0.3) is 0 Å². The van der Waals surface area contributed by atoms with E-state index in [1.54, 1.807) is 38.3 Å². The molecule has 100 valence electrons. The minimum absolute atomic E-state index is 0.269. The summed E-state index contributed by atoms with van der Waals surface area (Å²) < 4.78 is 32.0.